The van der Waals surface area contributed by atoms with Crippen molar-refractivity contribution in [1.29, 1.82) is 0 Å². The summed E-state index contributed by atoms with van der Waals surface area (Å²) in [7, 11) is 0. The third-order valence-corrected chi connectivity index (χ3v) is 3.58. The molecule has 2 heterocycles. The molecule has 3 rings (SSSR count). The Morgan fingerprint density at radius 3 is 2.69 bits per heavy atom. The van der Waals surface area contributed by atoms with Gasteiger partial charge in [-0.1, -0.05) is 11.6 Å². The van der Waals surface area contributed by atoms with Crippen LogP contribution in [0.3, 0.4) is 0 Å². The molecule has 1 aliphatic heterocycles. The van der Waals surface area contributed by atoms with Gasteiger partial charge in [0, 0.05) is 12.5 Å². The van der Waals surface area contributed by atoms with Gasteiger partial charge in [-0.2, -0.15) is 15.0 Å². The number of hydrogen-bond donors (Lipinski definition) is 2. The molecule has 4 N–H and O–H groups in total. The Balaban J connectivity index is 1.64. The number of hydrogen-bond acceptors (Lipinski definition) is 9. The summed E-state index contributed by atoms with van der Waals surface area (Å²) in [5.41, 5.74) is 11.6. The molecule has 2 aromatic rings. The van der Waals surface area contributed by atoms with Crippen LogP contribution in [0, 0.1) is 0 Å². The lowest BCUT2D eigenvalue weighted by atomic mass is 10.2. The lowest BCUT2D eigenvalue weighted by molar-refractivity contribution is -0.139. The standard InChI is InChI=1S/C16H16ClN5O4/c17-10-6-9(7-11-14(10)25-5-1-4-24-11)2-3-13(23)26-8-12-20-15(18)22-16(19)21-12/h2-3,6-7H,1,4-5,8H2,(H4,18,19,20,21,22)/b3-2+. The number of esters is 1. The molecule has 0 amide bonds. The third-order valence-electron chi connectivity index (χ3n) is 3.30. The van der Waals surface area contributed by atoms with Gasteiger partial charge in [-0.25, -0.2) is 4.79 Å². The molecule has 1 aromatic heterocycles. The number of anilines is 2. The predicted molar refractivity (Wildman–Crippen MR) is 94.5 cm³/mol. The van der Waals surface area contributed by atoms with E-state index >= 15 is 0 Å². The Kier molecular flexibility index (Phi) is 5.37. The molecule has 0 atom stereocenters. The molecule has 0 aliphatic carbocycles. The highest BCUT2D eigenvalue weighted by Gasteiger charge is 2.15. The monoisotopic (exact) mass is 377 g/mol. The minimum Gasteiger partial charge on any atom is -0.489 e. The van der Waals surface area contributed by atoms with Crippen LogP contribution in [0.1, 0.15) is 17.8 Å². The van der Waals surface area contributed by atoms with Crippen LogP contribution >= 0.6 is 11.6 Å². The fraction of sp³-hybridized carbons (Fsp3) is 0.250. The number of carbonyl (C=O) groups excluding carboxylic acids is 1. The highest BCUT2D eigenvalue weighted by molar-refractivity contribution is 6.32. The largest absolute Gasteiger partial charge is 0.489 e. The summed E-state index contributed by atoms with van der Waals surface area (Å²) in [6.07, 6.45) is 3.58. The van der Waals surface area contributed by atoms with Crippen LogP contribution in [-0.2, 0) is 16.1 Å². The normalized spacial score (nSPS) is 13.4. The van der Waals surface area contributed by atoms with E-state index in [1.54, 1.807) is 18.2 Å². The maximum Gasteiger partial charge on any atom is 0.331 e. The Hall–Kier alpha value is -3.07. The lowest BCUT2D eigenvalue weighted by Crippen LogP contribution is -2.09. The molecule has 9 nitrogen and oxygen atoms in total. The average molecular weight is 378 g/mol. The smallest absolute Gasteiger partial charge is 0.331 e. The molecule has 0 saturated carbocycles. The number of carbonyl (C=O) groups is 1. The van der Waals surface area contributed by atoms with Crippen molar-refractivity contribution < 1.29 is 19.0 Å². The summed E-state index contributed by atoms with van der Waals surface area (Å²) >= 11 is 6.20. The van der Waals surface area contributed by atoms with Gasteiger partial charge in [0.25, 0.3) is 0 Å². The molecule has 0 fully saturated rings. The molecule has 1 aliphatic rings. The van der Waals surface area contributed by atoms with E-state index in [9.17, 15) is 4.79 Å². The van der Waals surface area contributed by atoms with E-state index in [-0.39, 0.29) is 24.3 Å². The number of nitrogens with zero attached hydrogens (tertiary/aromatic N) is 3. The van der Waals surface area contributed by atoms with Crippen molar-refractivity contribution in [3.8, 4) is 11.5 Å². The molecule has 0 saturated heterocycles. The highest BCUT2D eigenvalue weighted by atomic mass is 35.5. The minimum absolute atomic E-state index is 0.0408. The maximum absolute atomic E-state index is 11.9. The molecule has 0 bridgehead atoms. The number of halogens is 1. The number of aromatic nitrogens is 3. The fourth-order valence-electron chi connectivity index (χ4n) is 2.22. The zero-order valence-electron chi connectivity index (χ0n) is 13.6. The van der Waals surface area contributed by atoms with Gasteiger partial charge in [-0.15, -0.1) is 0 Å². The summed E-state index contributed by atoms with van der Waals surface area (Å²) in [4.78, 5) is 23.1. The van der Waals surface area contributed by atoms with Gasteiger partial charge in [0.2, 0.25) is 11.9 Å². The predicted octanol–water partition coefficient (Wildman–Crippen LogP) is 1.61. The molecule has 136 valence electrons. The van der Waals surface area contributed by atoms with E-state index < -0.39 is 5.97 Å². The molecule has 0 radical (unpaired) electrons. The number of nitrogen functional groups attached to an aromatic ring is 2. The highest BCUT2D eigenvalue weighted by Crippen LogP contribution is 2.38. The summed E-state index contributed by atoms with van der Waals surface area (Å²) < 4.78 is 16.2. The van der Waals surface area contributed by atoms with Crippen molar-refractivity contribution in [1.82, 2.24) is 15.0 Å². The van der Waals surface area contributed by atoms with E-state index in [2.05, 4.69) is 15.0 Å². The zero-order valence-corrected chi connectivity index (χ0v) is 14.4. The van der Waals surface area contributed by atoms with E-state index in [4.69, 9.17) is 37.3 Å². The van der Waals surface area contributed by atoms with Crippen LogP contribution in [0.2, 0.25) is 5.02 Å². The van der Waals surface area contributed by atoms with E-state index in [0.29, 0.717) is 35.3 Å². The molecule has 26 heavy (non-hydrogen) atoms. The van der Waals surface area contributed by atoms with Gasteiger partial charge in [-0.3, -0.25) is 0 Å². The van der Waals surface area contributed by atoms with Gasteiger partial charge < -0.3 is 25.7 Å². The van der Waals surface area contributed by atoms with Gasteiger partial charge in [-0.05, 0) is 23.8 Å². The number of rotatable bonds is 4. The first-order valence-electron chi connectivity index (χ1n) is 7.71. The van der Waals surface area contributed by atoms with Crippen LogP contribution in [0.4, 0.5) is 11.9 Å². The molecule has 0 unspecified atom stereocenters. The van der Waals surface area contributed by atoms with Crippen molar-refractivity contribution in [3.63, 3.8) is 0 Å². The Morgan fingerprint density at radius 2 is 1.92 bits per heavy atom. The van der Waals surface area contributed by atoms with E-state index in [1.807, 2.05) is 0 Å². The topological polar surface area (TPSA) is 135 Å². The minimum atomic E-state index is -0.592. The fourth-order valence-corrected chi connectivity index (χ4v) is 2.49. The first-order valence-corrected chi connectivity index (χ1v) is 8.09. The SMILES string of the molecule is Nc1nc(N)nc(COC(=O)/C=C/c2cc(Cl)c3c(c2)OCCCO3)n1. The first kappa shape index (κ1) is 17.7. The molecule has 10 heteroatoms. The van der Waals surface area contributed by atoms with Crippen LogP contribution in [0.25, 0.3) is 6.08 Å². The zero-order chi connectivity index (χ0) is 18.5. The van der Waals surface area contributed by atoms with Gasteiger partial charge >= 0.3 is 5.97 Å². The molecular formula is C16H16ClN5O4. The number of benzene rings is 1. The van der Waals surface area contributed by atoms with E-state index in [0.717, 1.165) is 6.42 Å². The van der Waals surface area contributed by atoms with Crippen molar-refractivity contribution in [2.75, 3.05) is 24.7 Å². The average Bonchev–Trinajstić information content (AvgIpc) is 2.83. The van der Waals surface area contributed by atoms with Crippen LogP contribution in [0.5, 0.6) is 11.5 Å². The van der Waals surface area contributed by atoms with Gasteiger partial charge in [0.1, 0.15) is 0 Å². The molecule has 1 aromatic carbocycles. The van der Waals surface area contributed by atoms with Crippen LogP contribution in [-0.4, -0.2) is 34.1 Å². The summed E-state index contributed by atoms with van der Waals surface area (Å²) in [6.45, 7) is 0.902. The van der Waals surface area contributed by atoms with Crippen LogP contribution < -0.4 is 20.9 Å². The Bertz CT molecular complexity index is 839. The van der Waals surface area contributed by atoms with Crippen molar-refractivity contribution in [3.05, 3.63) is 34.6 Å². The Morgan fingerprint density at radius 1 is 1.19 bits per heavy atom. The van der Waals surface area contributed by atoms with Gasteiger partial charge in [0.15, 0.2) is 23.9 Å². The summed E-state index contributed by atoms with van der Waals surface area (Å²) in [5.74, 6) is 0.538. The Labute approximate surface area is 153 Å². The second-order valence-corrected chi connectivity index (χ2v) is 5.70. The van der Waals surface area contributed by atoms with Crippen LogP contribution in [0.15, 0.2) is 18.2 Å². The molecule has 0 spiro atoms. The van der Waals surface area contributed by atoms with E-state index in [1.165, 1.54) is 6.08 Å². The first-order chi connectivity index (χ1) is 12.5. The number of nitrogens with two attached hydrogens (primary N) is 2. The lowest BCUT2D eigenvalue weighted by Gasteiger charge is -2.09. The number of ether oxygens (including phenoxy) is 3. The number of fused-ring (bicyclic) bond motifs is 1. The second kappa shape index (κ2) is 7.87. The second-order valence-electron chi connectivity index (χ2n) is 5.29. The quantitative estimate of drug-likeness (QED) is 0.601. The van der Waals surface area contributed by atoms with Crippen molar-refractivity contribution >= 4 is 35.5 Å². The summed E-state index contributed by atoms with van der Waals surface area (Å²) in [5, 5.41) is 0.411. The maximum atomic E-state index is 11.9. The van der Waals surface area contributed by atoms with Crippen molar-refractivity contribution in [2.24, 2.45) is 0 Å². The van der Waals surface area contributed by atoms with Crippen molar-refractivity contribution in [2.45, 2.75) is 13.0 Å². The summed E-state index contributed by atoms with van der Waals surface area (Å²) in [6, 6.07) is 3.41. The molecular weight excluding hydrogens is 362 g/mol. The van der Waals surface area contributed by atoms with Gasteiger partial charge in [0.05, 0.1) is 18.2 Å². The third kappa shape index (κ3) is 4.51.